The van der Waals surface area contributed by atoms with Crippen LogP contribution < -0.4 is 11.1 Å². The molecule has 1 atom stereocenters. The van der Waals surface area contributed by atoms with E-state index < -0.39 is 0 Å². The molecule has 3 N–H and O–H groups in total. The molecule has 1 fully saturated rings. The lowest BCUT2D eigenvalue weighted by atomic mass is 9.68. The van der Waals surface area contributed by atoms with Crippen molar-refractivity contribution in [3.63, 3.8) is 0 Å². The van der Waals surface area contributed by atoms with Gasteiger partial charge >= 0.3 is 0 Å². The van der Waals surface area contributed by atoms with Crippen LogP contribution >= 0.6 is 0 Å². The summed E-state index contributed by atoms with van der Waals surface area (Å²) in [5.74, 6) is 7.61. The second kappa shape index (κ2) is 7.16. The minimum atomic E-state index is 0.451. The van der Waals surface area contributed by atoms with E-state index in [9.17, 15) is 0 Å². The first-order valence-corrected chi connectivity index (χ1v) is 7.32. The number of nitrogens with one attached hydrogen (secondary N) is 1. The minimum absolute atomic E-state index is 0.451. The van der Waals surface area contributed by atoms with Crippen molar-refractivity contribution >= 4 is 0 Å². The van der Waals surface area contributed by atoms with E-state index in [1.54, 1.807) is 0 Å². The molecule has 0 aliphatic heterocycles. The average Bonchev–Trinajstić information content (AvgIpc) is 2.34. The summed E-state index contributed by atoms with van der Waals surface area (Å²) in [5.41, 5.74) is 6.36. The highest BCUT2D eigenvalue weighted by Crippen LogP contribution is 2.40. The zero-order valence-electron chi connectivity index (χ0n) is 12.6. The standard InChI is InChI=1S/C16H30N2/c1-5-6-11-18-15(12-17)13-7-9-14(10-8-13)16(2,3)4/h13-15,18H,7-12,17H2,1-4H3. The first-order chi connectivity index (χ1) is 8.49. The van der Waals surface area contributed by atoms with Gasteiger partial charge in [-0.15, -0.1) is 5.92 Å². The van der Waals surface area contributed by atoms with Crippen LogP contribution in [0.4, 0.5) is 0 Å². The van der Waals surface area contributed by atoms with E-state index >= 15 is 0 Å². The van der Waals surface area contributed by atoms with Gasteiger partial charge in [0.05, 0.1) is 6.54 Å². The lowest BCUT2D eigenvalue weighted by Gasteiger charge is -2.39. The average molecular weight is 250 g/mol. The van der Waals surface area contributed by atoms with Gasteiger partial charge in [-0.3, -0.25) is 0 Å². The topological polar surface area (TPSA) is 38.0 Å². The normalized spacial score (nSPS) is 26.3. The van der Waals surface area contributed by atoms with Crippen molar-refractivity contribution in [2.45, 2.75) is 59.4 Å². The molecule has 0 radical (unpaired) electrons. The summed E-state index contributed by atoms with van der Waals surface area (Å²) in [7, 11) is 0. The van der Waals surface area contributed by atoms with E-state index in [0.717, 1.165) is 24.9 Å². The van der Waals surface area contributed by atoms with Gasteiger partial charge < -0.3 is 11.1 Å². The van der Waals surface area contributed by atoms with Gasteiger partial charge in [-0.2, -0.15) is 0 Å². The van der Waals surface area contributed by atoms with Crippen LogP contribution in [-0.2, 0) is 0 Å². The Kier molecular flexibility index (Phi) is 6.18. The molecule has 104 valence electrons. The van der Waals surface area contributed by atoms with Gasteiger partial charge in [0.15, 0.2) is 0 Å². The number of nitrogens with two attached hydrogens (primary N) is 1. The van der Waals surface area contributed by atoms with Crippen LogP contribution in [-0.4, -0.2) is 19.1 Å². The van der Waals surface area contributed by atoms with Gasteiger partial charge in [-0.1, -0.05) is 26.7 Å². The third-order valence-corrected chi connectivity index (χ3v) is 4.45. The minimum Gasteiger partial charge on any atom is -0.329 e. The quantitative estimate of drug-likeness (QED) is 0.753. The van der Waals surface area contributed by atoms with Crippen molar-refractivity contribution in [1.29, 1.82) is 0 Å². The van der Waals surface area contributed by atoms with E-state index in [1.807, 2.05) is 6.92 Å². The van der Waals surface area contributed by atoms with Crippen LogP contribution in [0.15, 0.2) is 0 Å². The Hall–Kier alpha value is -0.520. The second-order valence-electron chi connectivity index (χ2n) is 6.63. The number of hydrogen-bond donors (Lipinski definition) is 2. The first kappa shape index (κ1) is 15.5. The molecule has 2 nitrogen and oxygen atoms in total. The predicted molar refractivity (Wildman–Crippen MR) is 79.2 cm³/mol. The third-order valence-electron chi connectivity index (χ3n) is 4.45. The van der Waals surface area contributed by atoms with Crippen molar-refractivity contribution in [2.75, 3.05) is 13.1 Å². The fourth-order valence-corrected chi connectivity index (χ4v) is 3.10. The number of hydrogen-bond acceptors (Lipinski definition) is 2. The van der Waals surface area contributed by atoms with E-state index in [4.69, 9.17) is 5.73 Å². The lowest BCUT2D eigenvalue weighted by molar-refractivity contribution is 0.134. The molecule has 1 rings (SSSR count). The monoisotopic (exact) mass is 250 g/mol. The zero-order chi connectivity index (χ0) is 13.6. The fourth-order valence-electron chi connectivity index (χ4n) is 3.10. The molecule has 0 spiro atoms. The van der Waals surface area contributed by atoms with Crippen LogP contribution in [0.5, 0.6) is 0 Å². The second-order valence-corrected chi connectivity index (χ2v) is 6.63. The molecule has 0 aromatic carbocycles. The molecular formula is C16H30N2. The van der Waals surface area contributed by atoms with Crippen molar-refractivity contribution in [3.05, 3.63) is 0 Å². The molecule has 1 aliphatic rings. The summed E-state index contributed by atoms with van der Waals surface area (Å²) in [4.78, 5) is 0. The van der Waals surface area contributed by atoms with Crippen LogP contribution in [0.3, 0.4) is 0 Å². The molecule has 2 heteroatoms. The van der Waals surface area contributed by atoms with Crippen LogP contribution in [0, 0.1) is 29.1 Å². The molecule has 0 aromatic heterocycles. The molecule has 1 aliphatic carbocycles. The van der Waals surface area contributed by atoms with Crippen molar-refractivity contribution in [2.24, 2.45) is 23.0 Å². The smallest absolute Gasteiger partial charge is 0.0579 e. The van der Waals surface area contributed by atoms with Crippen LogP contribution in [0.2, 0.25) is 0 Å². The maximum absolute atomic E-state index is 5.90. The Morgan fingerprint density at radius 1 is 1.22 bits per heavy atom. The van der Waals surface area contributed by atoms with Crippen molar-refractivity contribution in [3.8, 4) is 11.8 Å². The van der Waals surface area contributed by atoms with Gasteiger partial charge in [0.1, 0.15) is 0 Å². The summed E-state index contributed by atoms with van der Waals surface area (Å²) >= 11 is 0. The molecule has 0 saturated heterocycles. The maximum atomic E-state index is 5.90. The Bertz CT molecular complexity index is 284. The summed E-state index contributed by atoms with van der Waals surface area (Å²) in [6.45, 7) is 10.5. The molecule has 0 heterocycles. The highest BCUT2D eigenvalue weighted by molar-refractivity contribution is 4.98. The molecule has 0 amide bonds. The Morgan fingerprint density at radius 3 is 2.28 bits per heavy atom. The molecule has 0 bridgehead atoms. The molecule has 1 saturated carbocycles. The molecule has 18 heavy (non-hydrogen) atoms. The molecular weight excluding hydrogens is 220 g/mol. The lowest BCUT2D eigenvalue weighted by Crippen LogP contribution is -2.44. The van der Waals surface area contributed by atoms with Gasteiger partial charge in [0.2, 0.25) is 0 Å². The van der Waals surface area contributed by atoms with E-state index in [2.05, 4.69) is 37.9 Å². The first-order valence-electron chi connectivity index (χ1n) is 7.32. The SMILES string of the molecule is CC#CCNC(CN)C1CCC(C(C)(C)C)CC1. The van der Waals surface area contributed by atoms with E-state index in [-0.39, 0.29) is 0 Å². The largest absolute Gasteiger partial charge is 0.329 e. The van der Waals surface area contributed by atoms with Gasteiger partial charge in [-0.25, -0.2) is 0 Å². The van der Waals surface area contributed by atoms with Gasteiger partial charge in [-0.05, 0) is 49.9 Å². The Labute approximate surface area is 113 Å². The van der Waals surface area contributed by atoms with Crippen LogP contribution in [0.25, 0.3) is 0 Å². The Morgan fingerprint density at radius 2 is 1.83 bits per heavy atom. The summed E-state index contributed by atoms with van der Waals surface area (Å²) in [5, 5.41) is 3.50. The summed E-state index contributed by atoms with van der Waals surface area (Å²) < 4.78 is 0. The zero-order valence-corrected chi connectivity index (χ0v) is 12.6. The molecule has 0 aromatic rings. The van der Waals surface area contributed by atoms with Crippen molar-refractivity contribution < 1.29 is 0 Å². The maximum Gasteiger partial charge on any atom is 0.0579 e. The fraction of sp³-hybridized carbons (Fsp3) is 0.875. The highest BCUT2D eigenvalue weighted by Gasteiger charge is 2.32. The van der Waals surface area contributed by atoms with E-state index in [0.29, 0.717) is 11.5 Å². The Balaban J connectivity index is 2.41. The number of rotatable bonds is 4. The van der Waals surface area contributed by atoms with Gasteiger partial charge in [0, 0.05) is 12.6 Å². The summed E-state index contributed by atoms with van der Waals surface area (Å²) in [6.07, 6.45) is 5.34. The predicted octanol–water partition coefficient (Wildman–Crippen LogP) is 2.78. The van der Waals surface area contributed by atoms with Gasteiger partial charge in [0.25, 0.3) is 0 Å². The summed E-state index contributed by atoms with van der Waals surface area (Å²) in [6, 6.07) is 0.451. The van der Waals surface area contributed by atoms with Crippen LogP contribution in [0.1, 0.15) is 53.4 Å². The highest BCUT2D eigenvalue weighted by atomic mass is 14.9. The third kappa shape index (κ3) is 4.63. The van der Waals surface area contributed by atoms with Crippen molar-refractivity contribution in [1.82, 2.24) is 5.32 Å². The molecule has 1 unspecified atom stereocenters. The van der Waals surface area contributed by atoms with E-state index in [1.165, 1.54) is 25.7 Å².